The second-order valence-corrected chi connectivity index (χ2v) is 5.21. The largest absolute Gasteiger partial charge is 0.364 e. The van der Waals surface area contributed by atoms with Crippen LogP contribution < -0.4 is 10.2 Å². The number of nitro benzene ring substituents is 1. The zero-order valence-electron chi connectivity index (χ0n) is 11.0. The molecule has 2 rings (SSSR count). The van der Waals surface area contributed by atoms with Gasteiger partial charge in [0.05, 0.1) is 4.92 Å². The summed E-state index contributed by atoms with van der Waals surface area (Å²) >= 11 is 0. The van der Waals surface area contributed by atoms with E-state index in [1.807, 2.05) is 6.07 Å². The summed E-state index contributed by atoms with van der Waals surface area (Å²) in [6.07, 6.45) is 0. The molecule has 6 nitrogen and oxygen atoms in total. The van der Waals surface area contributed by atoms with Crippen LogP contribution in [-0.4, -0.2) is 30.1 Å². The monoisotopic (exact) mass is 260 g/mol. The number of nitro groups is 1. The van der Waals surface area contributed by atoms with Crippen LogP contribution in [0.25, 0.3) is 0 Å². The SMILES string of the molecule is CC1(C)CNCCN1c1ccc([N+](=O)[O-])c(C#N)c1. The number of rotatable bonds is 2. The Morgan fingerprint density at radius 3 is 2.84 bits per heavy atom. The summed E-state index contributed by atoms with van der Waals surface area (Å²) in [5.74, 6) is 0. The van der Waals surface area contributed by atoms with Crippen molar-refractivity contribution in [2.45, 2.75) is 19.4 Å². The Hall–Kier alpha value is -2.13. The molecule has 0 amide bonds. The van der Waals surface area contributed by atoms with E-state index in [0.29, 0.717) is 0 Å². The van der Waals surface area contributed by atoms with E-state index >= 15 is 0 Å². The highest BCUT2D eigenvalue weighted by molar-refractivity contribution is 5.61. The van der Waals surface area contributed by atoms with Crippen molar-refractivity contribution in [1.82, 2.24) is 5.32 Å². The van der Waals surface area contributed by atoms with Crippen molar-refractivity contribution in [1.29, 1.82) is 5.26 Å². The zero-order valence-corrected chi connectivity index (χ0v) is 11.0. The van der Waals surface area contributed by atoms with Gasteiger partial charge in [0.15, 0.2) is 0 Å². The van der Waals surface area contributed by atoms with E-state index in [2.05, 4.69) is 24.1 Å². The lowest BCUT2D eigenvalue weighted by Crippen LogP contribution is -2.58. The van der Waals surface area contributed by atoms with E-state index < -0.39 is 4.92 Å². The average Bonchev–Trinajstić information content (AvgIpc) is 2.37. The van der Waals surface area contributed by atoms with E-state index in [1.54, 1.807) is 12.1 Å². The van der Waals surface area contributed by atoms with Crippen LogP contribution in [-0.2, 0) is 0 Å². The molecule has 100 valence electrons. The number of hydrogen-bond acceptors (Lipinski definition) is 5. The van der Waals surface area contributed by atoms with Crippen molar-refractivity contribution in [2.75, 3.05) is 24.5 Å². The summed E-state index contributed by atoms with van der Waals surface area (Å²) < 4.78 is 0. The Kier molecular flexibility index (Phi) is 3.40. The molecule has 0 saturated carbocycles. The van der Waals surface area contributed by atoms with Gasteiger partial charge in [-0.25, -0.2) is 0 Å². The van der Waals surface area contributed by atoms with Gasteiger partial charge in [-0.2, -0.15) is 5.26 Å². The average molecular weight is 260 g/mol. The fourth-order valence-corrected chi connectivity index (χ4v) is 2.40. The summed E-state index contributed by atoms with van der Waals surface area (Å²) in [4.78, 5) is 12.5. The van der Waals surface area contributed by atoms with Gasteiger partial charge in [0, 0.05) is 36.9 Å². The standard InChI is InChI=1S/C13H16N4O2/c1-13(2)9-15-5-6-16(13)11-3-4-12(17(18)19)10(7-11)8-14/h3-4,7,15H,5-6,9H2,1-2H3. The van der Waals surface area contributed by atoms with Gasteiger partial charge in [-0.05, 0) is 26.0 Å². The minimum Gasteiger partial charge on any atom is -0.364 e. The first kappa shape index (κ1) is 13.3. The van der Waals surface area contributed by atoms with Crippen molar-refractivity contribution in [3.63, 3.8) is 0 Å². The van der Waals surface area contributed by atoms with Crippen LogP contribution >= 0.6 is 0 Å². The molecule has 1 saturated heterocycles. The quantitative estimate of drug-likeness (QED) is 0.646. The topological polar surface area (TPSA) is 82.2 Å². The van der Waals surface area contributed by atoms with Gasteiger partial charge in [-0.15, -0.1) is 0 Å². The van der Waals surface area contributed by atoms with E-state index in [-0.39, 0.29) is 16.8 Å². The third-order valence-corrected chi connectivity index (χ3v) is 3.41. The lowest BCUT2D eigenvalue weighted by molar-refractivity contribution is -0.385. The molecule has 1 aliphatic rings. The number of nitrogens with one attached hydrogen (secondary N) is 1. The van der Waals surface area contributed by atoms with Crippen LogP contribution in [0.4, 0.5) is 11.4 Å². The molecule has 0 spiro atoms. The number of benzene rings is 1. The molecule has 0 radical (unpaired) electrons. The smallest absolute Gasteiger partial charge is 0.287 e. The first-order valence-electron chi connectivity index (χ1n) is 6.12. The molecule has 6 heteroatoms. The minimum absolute atomic E-state index is 0.0822. The maximum atomic E-state index is 10.8. The summed E-state index contributed by atoms with van der Waals surface area (Å²) in [7, 11) is 0. The molecule has 1 aromatic carbocycles. The molecule has 0 aliphatic carbocycles. The normalized spacial score (nSPS) is 17.8. The molecule has 19 heavy (non-hydrogen) atoms. The highest BCUT2D eigenvalue weighted by Crippen LogP contribution is 2.29. The summed E-state index contributed by atoms with van der Waals surface area (Å²) in [6.45, 7) is 6.73. The van der Waals surface area contributed by atoms with Crippen molar-refractivity contribution in [3.8, 4) is 6.07 Å². The van der Waals surface area contributed by atoms with Crippen molar-refractivity contribution in [3.05, 3.63) is 33.9 Å². The Bertz CT molecular complexity index is 548. The predicted octanol–water partition coefficient (Wildman–Crippen LogP) is 1.65. The maximum absolute atomic E-state index is 10.8. The molecule has 0 unspecified atom stereocenters. The molecule has 1 aromatic rings. The lowest BCUT2D eigenvalue weighted by Gasteiger charge is -2.44. The first-order chi connectivity index (χ1) is 8.95. The first-order valence-corrected chi connectivity index (χ1v) is 6.12. The summed E-state index contributed by atoms with van der Waals surface area (Å²) in [5, 5.41) is 23.2. The number of nitriles is 1. The molecular weight excluding hydrogens is 244 g/mol. The Morgan fingerprint density at radius 2 is 2.26 bits per heavy atom. The summed E-state index contributed by atoms with van der Waals surface area (Å²) in [6, 6.07) is 6.63. The second kappa shape index (κ2) is 4.86. The number of anilines is 1. The Labute approximate surface area is 111 Å². The Morgan fingerprint density at radius 1 is 1.53 bits per heavy atom. The third kappa shape index (κ3) is 2.51. The van der Waals surface area contributed by atoms with Gasteiger partial charge in [-0.3, -0.25) is 10.1 Å². The van der Waals surface area contributed by atoms with Crippen LogP contribution in [0.2, 0.25) is 0 Å². The highest BCUT2D eigenvalue weighted by atomic mass is 16.6. The van der Waals surface area contributed by atoms with Gasteiger partial charge in [-0.1, -0.05) is 0 Å². The molecule has 0 bridgehead atoms. The van der Waals surface area contributed by atoms with Crippen LogP contribution in [0.3, 0.4) is 0 Å². The van der Waals surface area contributed by atoms with Gasteiger partial charge in [0.2, 0.25) is 0 Å². The molecular formula is C13H16N4O2. The second-order valence-electron chi connectivity index (χ2n) is 5.21. The predicted molar refractivity (Wildman–Crippen MR) is 72.1 cm³/mol. The van der Waals surface area contributed by atoms with Crippen molar-refractivity contribution in [2.24, 2.45) is 0 Å². The number of nitrogens with zero attached hydrogens (tertiary/aromatic N) is 3. The van der Waals surface area contributed by atoms with E-state index in [4.69, 9.17) is 5.26 Å². The van der Waals surface area contributed by atoms with Crippen LogP contribution in [0, 0.1) is 21.4 Å². The lowest BCUT2D eigenvalue weighted by atomic mass is 9.98. The van der Waals surface area contributed by atoms with Crippen LogP contribution in [0.5, 0.6) is 0 Å². The Balaban J connectivity index is 2.41. The van der Waals surface area contributed by atoms with E-state index in [0.717, 1.165) is 25.3 Å². The fraction of sp³-hybridized carbons (Fsp3) is 0.462. The molecule has 0 aromatic heterocycles. The molecule has 0 atom stereocenters. The van der Waals surface area contributed by atoms with Gasteiger partial charge in [0.25, 0.3) is 5.69 Å². The fourth-order valence-electron chi connectivity index (χ4n) is 2.40. The number of hydrogen-bond donors (Lipinski definition) is 1. The zero-order chi connectivity index (χ0) is 14.0. The third-order valence-electron chi connectivity index (χ3n) is 3.41. The maximum Gasteiger partial charge on any atom is 0.287 e. The molecule has 1 aliphatic heterocycles. The minimum atomic E-state index is -0.523. The van der Waals surface area contributed by atoms with E-state index in [1.165, 1.54) is 6.07 Å². The van der Waals surface area contributed by atoms with Crippen molar-refractivity contribution >= 4 is 11.4 Å². The van der Waals surface area contributed by atoms with Gasteiger partial charge >= 0.3 is 0 Å². The van der Waals surface area contributed by atoms with Crippen LogP contribution in [0.1, 0.15) is 19.4 Å². The van der Waals surface area contributed by atoms with Crippen LogP contribution in [0.15, 0.2) is 18.2 Å². The van der Waals surface area contributed by atoms with Gasteiger partial charge in [0.1, 0.15) is 11.6 Å². The molecule has 1 N–H and O–H groups in total. The number of piperazine rings is 1. The summed E-state index contributed by atoms with van der Waals surface area (Å²) in [5.41, 5.74) is 0.742. The molecule has 1 fully saturated rings. The molecule has 1 heterocycles. The van der Waals surface area contributed by atoms with Gasteiger partial charge < -0.3 is 10.2 Å². The highest BCUT2D eigenvalue weighted by Gasteiger charge is 2.30. The van der Waals surface area contributed by atoms with E-state index in [9.17, 15) is 10.1 Å². The van der Waals surface area contributed by atoms with Crippen molar-refractivity contribution < 1.29 is 4.92 Å².